The minimum absolute atomic E-state index is 0.0372. The highest BCUT2D eigenvalue weighted by atomic mass is 31.2. The maximum absolute atomic E-state index is 12.9. The number of phosphoric acid groups is 3. The minimum atomic E-state index is -5.62. The third kappa shape index (κ3) is 19.1. The van der Waals surface area contributed by atoms with Crippen molar-refractivity contribution in [2.75, 3.05) is 31.6 Å². The Morgan fingerprint density at radius 3 is 1.97 bits per heavy atom. The van der Waals surface area contributed by atoms with Crippen LogP contribution in [0.25, 0.3) is 11.0 Å². The highest BCUT2D eigenvalue weighted by Crippen LogP contribution is 2.51. The predicted molar refractivity (Wildman–Crippen MR) is 214 cm³/mol. The normalized spacial score (nSPS) is 21.8. The number of hydrogen-bond acceptors (Lipinski definition) is 21. The van der Waals surface area contributed by atoms with Crippen molar-refractivity contribution in [3.63, 3.8) is 0 Å². The van der Waals surface area contributed by atoms with Crippen molar-refractivity contribution in [2.45, 2.75) is 127 Å². The number of aliphatic hydroxyl groups is 3. The number of unbranched alkanes of at least 4 members (excludes halogenated alkanes) is 6. The van der Waals surface area contributed by atoms with Crippen LogP contribution in [0, 0.1) is 10.1 Å². The third-order valence-electron chi connectivity index (χ3n) is 9.30. The van der Waals surface area contributed by atoms with Crippen molar-refractivity contribution in [2.24, 2.45) is 0 Å². The second-order valence-electron chi connectivity index (χ2n) is 14.4. The Morgan fingerprint density at radius 1 is 0.750 bits per heavy atom. The van der Waals surface area contributed by atoms with Crippen LogP contribution >= 0.6 is 23.5 Å². The second kappa shape index (κ2) is 26.0. The summed E-state index contributed by atoms with van der Waals surface area (Å²) in [5.41, 5.74) is 0.591. The summed E-state index contributed by atoms with van der Waals surface area (Å²) in [6, 6.07) is 2.83. The molecule has 1 unspecified atom stereocenters. The molecular formula is C33H54N5O23P3. The van der Waals surface area contributed by atoms with Gasteiger partial charge in [-0.3, -0.25) is 42.6 Å². The van der Waals surface area contributed by atoms with Crippen LogP contribution in [0.15, 0.2) is 16.8 Å². The number of fused-ring (bicyclic) bond motifs is 1. The number of carbonyl (C=O) groups excluding carboxylic acids is 3. The molecular weight excluding hydrogens is 927 g/mol. The van der Waals surface area contributed by atoms with Crippen molar-refractivity contribution < 1.29 is 105 Å². The molecule has 0 spiro atoms. The quantitative estimate of drug-likeness (QED) is 0.0174. The largest absolute Gasteiger partial charge is 0.472 e. The lowest BCUT2D eigenvalue weighted by molar-refractivity contribution is -0.383. The van der Waals surface area contributed by atoms with Crippen LogP contribution in [0.5, 0.6) is 0 Å². The number of nitrogens with one attached hydrogen (secondary N) is 2. The first-order valence-corrected chi connectivity index (χ1v) is 24.5. The maximum Gasteiger partial charge on any atom is 0.472 e. The van der Waals surface area contributed by atoms with E-state index in [-0.39, 0.29) is 41.9 Å². The van der Waals surface area contributed by atoms with Gasteiger partial charge in [0, 0.05) is 38.4 Å². The van der Waals surface area contributed by atoms with Crippen LogP contribution in [-0.4, -0.2) is 142 Å². The molecule has 31 heteroatoms. The van der Waals surface area contributed by atoms with Gasteiger partial charge in [0.05, 0.1) is 17.2 Å². The van der Waals surface area contributed by atoms with E-state index in [1.807, 2.05) is 6.92 Å². The number of ether oxygens (including phenoxy) is 2. The van der Waals surface area contributed by atoms with Gasteiger partial charge < -0.3 is 59.9 Å². The van der Waals surface area contributed by atoms with E-state index in [4.69, 9.17) is 28.3 Å². The standard InChI is InChI=1S/C33H54N5O23P3/c1-2-3-6-13-25(41)57-20(19-56-64(53,54)60-31-28(42)29(43)32(58-62(47,48)49)33(30(31)44)59-63(50,51)52)18-55-24(40)12-8-5-10-17-35-23(39)11-7-4-9-16-34-21-14-15-22(38(45)46)27-26(21)36-61-37-27/h14-15,20,28-34,42-44H,2-13,16-19H2,1H3,(H,35,39)(H,53,54)(H2,47,48,49)(H2,50,51,52)/t20-,28-,29+,30+,31-,32-,33-/m1/s1. The van der Waals surface area contributed by atoms with Gasteiger partial charge >= 0.3 is 41.1 Å². The molecule has 1 aliphatic rings. The molecule has 364 valence electrons. The van der Waals surface area contributed by atoms with E-state index >= 15 is 0 Å². The van der Waals surface area contributed by atoms with E-state index in [1.54, 1.807) is 0 Å². The zero-order chi connectivity index (χ0) is 47.7. The van der Waals surface area contributed by atoms with Crippen molar-refractivity contribution in [1.29, 1.82) is 0 Å². The molecule has 0 aliphatic heterocycles. The molecule has 0 saturated heterocycles. The molecule has 1 saturated carbocycles. The highest BCUT2D eigenvalue weighted by molar-refractivity contribution is 7.47. The summed E-state index contributed by atoms with van der Waals surface area (Å²) in [4.78, 5) is 95.0. The summed E-state index contributed by atoms with van der Waals surface area (Å²) < 4.78 is 69.1. The molecule has 1 aromatic heterocycles. The summed E-state index contributed by atoms with van der Waals surface area (Å²) >= 11 is 0. The number of esters is 2. The first kappa shape index (κ1) is 54.8. The number of nitro benzene ring substituents is 1. The molecule has 3 rings (SSSR count). The number of amides is 1. The number of nitrogens with zero attached hydrogens (tertiary/aromatic N) is 3. The van der Waals surface area contributed by atoms with Gasteiger partial charge in [0.15, 0.2) is 11.6 Å². The van der Waals surface area contributed by atoms with Crippen LogP contribution in [-0.2, 0) is 55.6 Å². The van der Waals surface area contributed by atoms with Gasteiger partial charge in [-0.05, 0) is 48.5 Å². The Bertz CT molecular complexity index is 1980. The van der Waals surface area contributed by atoms with Gasteiger partial charge in [-0.1, -0.05) is 32.6 Å². The lowest BCUT2D eigenvalue weighted by atomic mass is 9.85. The molecule has 2 aromatic rings. The number of carbonyl (C=O) groups is 3. The van der Waals surface area contributed by atoms with Gasteiger partial charge in [0.2, 0.25) is 11.4 Å². The first-order valence-electron chi connectivity index (χ1n) is 19.9. The fraction of sp³-hybridized carbons (Fsp3) is 0.727. The number of non-ortho nitro benzene ring substituents is 1. The predicted octanol–water partition coefficient (Wildman–Crippen LogP) is 1.37. The average Bonchev–Trinajstić information content (AvgIpc) is 3.70. The Hall–Kier alpha value is -3.56. The lowest BCUT2D eigenvalue weighted by Gasteiger charge is -2.44. The fourth-order valence-corrected chi connectivity index (χ4v) is 8.29. The number of hydrogen-bond donors (Lipinski definition) is 10. The highest BCUT2D eigenvalue weighted by Gasteiger charge is 2.56. The van der Waals surface area contributed by atoms with E-state index in [1.165, 1.54) is 12.1 Å². The van der Waals surface area contributed by atoms with E-state index in [2.05, 4.69) is 34.6 Å². The zero-order valence-corrected chi connectivity index (χ0v) is 37.1. The van der Waals surface area contributed by atoms with Gasteiger partial charge in [0.25, 0.3) is 0 Å². The van der Waals surface area contributed by atoms with E-state index in [9.17, 15) is 68.2 Å². The Kier molecular flexibility index (Phi) is 22.2. The monoisotopic (exact) mass is 981 g/mol. The van der Waals surface area contributed by atoms with Crippen LogP contribution in [0.1, 0.15) is 84.0 Å². The topological polar surface area (TPSA) is 426 Å². The molecule has 10 N–H and O–H groups in total. The fourth-order valence-electron chi connectivity index (χ4n) is 6.19. The number of nitro groups is 1. The number of anilines is 1. The number of phosphoric ester groups is 3. The lowest BCUT2D eigenvalue weighted by Crippen LogP contribution is -2.65. The average molecular weight is 982 g/mol. The summed E-state index contributed by atoms with van der Waals surface area (Å²) in [6.07, 6.45) is -11.3. The van der Waals surface area contributed by atoms with Gasteiger partial charge in [-0.25, -0.2) is 18.3 Å². The van der Waals surface area contributed by atoms with Gasteiger partial charge in [-0.15, -0.1) is 0 Å². The zero-order valence-electron chi connectivity index (χ0n) is 34.4. The van der Waals surface area contributed by atoms with E-state index in [0.717, 1.165) is 12.8 Å². The number of benzene rings is 1. The smallest absolute Gasteiger partial charge is 0.462 e. The Labute approximate surface area is 364 Å². The van der Waals surface area contributed by atoms with E-state index in [0.29, 0.717) is 63.7 Å². The van der Waals surface area contributed by atoms with Gasteiger partial charge in [0.1, 0.15) is 43.2 Å². The van der Waals surface area contributed by atoms with Crippen LogP contribution in [0.2, 0.25) is 0 Å². The number of aromatic nitrogens is 2. The summed E-state index contributed by atoms with van der Waals surface area (Å²) in [7, 11) is -16.7. The number of rotatable bonds is 30. The van der Waals surface area contributed by atoms with Crippen LogP contribution in [0.3, 0.4) is 0 Å². The van der Waals surface area contributed by atoms with Crippen molar-refractivity contribution in [3.05, 3.63) is 22.2 Å². The maximum atomic E-state index is 12.9. The molecule has 1 amide bonds. The van der Waals surface area contributed by atoms with Crippen molar-refractivity contribution in [1.82, 2.24) is 15.6 Å². The molecule has 0 radical (unpaired) electrons. The molecule has 1 fully saturated rings. The van der Waals surface area contributed by atoms with Crippen molar-refractivity contribution in [3.8, 4) is 0 Å². The molecule has 1 aromatic carbocycles. The molecule has 1 heterocycles. The van der Waals surface area contributed by atoms with Gasteiger partial charge in [-0.2, -0.15) is 0 Å². The van der Waals surface area contributed by atoms with Crippen LogP contribution in [0.4, 0.5) is 11.4 Å². The SMILES string of the molecule is CCCCCC(=O)O[C@H](COC(=O)CCCCCNC(=O)CCCCCNc1ccc([N+](=O)[O-])c2nonc12)COP(=O)(O)O[C@@H]1[C@H](O)[C@H](O)[C@@H](OP(=O)(O)O)[C@H](OP(=O)(O)O)[C@H]1O. The molecule has 0 bridgehead atoms. The third-order valence-corrected chi connectivity index (χ3v) is 11.3. The molecule has 64 heavy (non-hydrogen) atoms. The van der Waals surface area contributed by atoms with Crippen molar-refractivity contribution >= 4 is 63.7 Å². The Balaban J connectivity index is 1.40. The summed E-state index contributed by atoms with van der Waals surface area (Å²) in [5, 5.41) is 55.9. The minimum Gasteiger partial charge on any atom is -0.462 e. The number of aliphatic hydroxyl groups excluding tert-OH is 3. The van der Waals surface area contributed by atoms with Crippen LogP contribution < -0.4 is 10.6 Å². The van der Waals surface area contributed by atoms with E-state index < -0.39 is 96.3 Å². The molecule has 1 aliphatic carbocycles. The molecule has 28 nitrogen and oxygen atoms in total. The Morgan fingerprint density at radius 2 is 1.33 bits per heavy atom. The second-order valence-corrected chi connectivity index (χ2v) is 18.2. The molecule has 8 atom stereocenters. The first-order chi connectivity index (χ1) is 30.0. The summed E-state index contributed by atoms with van der Waals surface area (Å²) in [6.45, 7) is 1.09. The summed E-state index contributed by atoms with van der Waals surface area (Å²) in [5.74, 6) is -1.68.